The van der Waals surface area contributed by atoms with Gasteiger partial charge in [0.15, 0.2) is 0 Å². The van der Waals surface area contributed by atoms with Crippen LogP contribution in [-0.2, 0) is 17.1 Å². The zero-order chi connectivity index (χ0) is 12.0. The number of carboxylic acid groups (broad SMARTS) is 2. The van der Waals surface area contributed by atoms with Crippen molar-refractivity contribution in [3.05, 3.63) is 11.6 Å². The van der Waals surface area contributed by atoms with Crippen LogP contribution in [0, 0.1) is 0 Å². The van der Waals surface area contributed by atoms with Gasteiger partial charge in [0.2, 0.25) is 11.6 Å². The maximum atomic E-state index is 9.77. The maximum Gasteiger partial charge on any atom is 2.00 e. The number of nitrogens with one attached hydrogen (secondary N) is 2. The molecule has 13 heteroatoms. The summed E-state index contributed by atoms with van der Waals surface area (Å²) in [5.74, 6) is -3.72. The summed E-state index contributed by atoms with van der Waals surface area (Å²) in [6.07, 6.45) is 0. The molecule has 90 valence electrons. The Hall–Kier alpha value is -2.40. The first-order valence-corrected chi connectivity index (χ1v) is 3.51. The van der Waals surface area contributed by atoms with Crippen molar-refractivity contribution in [3.8, 4) is 0 Å². The van der Waals surface area contributed by atoms with E-state index in [1.54, 1.807) is 0 Å². The molecule has 0 radical (unpaired) electrons. The van der Waals surface area contributed by atoms with E-state index in [9.17, 15) is 19.8 Å². The largest absolute Gasteiger partial charge is 2.00 e. The predicted octanol–water partition coefficient (Wildman–Crippen LogP) is -4.88. The molecule has 2 N–H and O–H groups in total. The fourth-order valence-electron chi connectivity index (χ4n) is 0.497. The van der Waals surface area contributed by atoms with Gasteiger partial charge in [-0.05, 0) is 10.4 Å². The van der Waals surface area contributed by atoms with E-state index in [0.29, 0.717) is 0 Å². The van der Waals surface area contributed by atoms with Crippen molar-refractivity contribution >= 4 is 11.9 Å². The van der Waals surface area contributed by atoms with Crippen LogP contribution in [0.1, 0.15) is 21.2 Å². The van der Waals surface area contributed by atoms with E-state index >= 15 is 0 Å². The van der Waals surface area contributed by atoms with Gasteiger partial charge in [0.25, 0.3) is 0 Å². The number of carbonyl (C=O) groups is 2. The molecule has 0 amide bonds. The molecule has 0 aliphatic carbocycles. The number of H-pyrrole nitrogens is 2. The SMILES string of the molecule is O=C([O-])c1nn[nH]n1.O=C([O-])c1nn[nH]n1.[Fe+2]. The Labute approximate surface area is 102 Å². The van der Waals surface area contributed by atoms with Crippen molar-refractivity contribution in [1.29, 1.82) is 0 Å². The van der Waals surface area contributed by atoms with Gasteiger partial charge in [0.1, 0.15) is 11.9 Å². The van der Waals surface area contributed by atoms with E-state index in [0.717, 1.165) is 0 Å². The summed E-state index contributed by atoms with van der Waals surface area (Å²) in [5.41, 5.74) is 0. The zero-order valence-electron chi connectivity index (χ0n) is 7.67. The number of aromatic carboxylic acids is 2. The van der Waals surface area contributed by atoms with Gasteiger partial charge in [-0.1, -0.05) is 0 Å². The van der Waals surface area contributed by atoms with Crippen LogP contribution in [0.4, 0.5) is 0 Å². The Bertz CT molecular complexity index is 410. The number of aromatic amines is 2. The molecule has 0 aliphatic rings. The summed E-state index contributed by atoms with van der Waals surface area (Å²) in [5, 5.41) is 41.9. The zero-order valence-corrected chi connectivity index (χ0v) is 8.77. The maximum absolute atomic E-state index is 9.77. The van der Waals surface area contributed by atoms with Crippen LogP contribution in [0.5, 0.6) is 0 Å². The van der Waals surface area contributed by atoms with Gasteiger partial charge in [-0.3, -0.25) is 0 Å². The molecule has 2 aromatic rings. The number of rotatable bonds is 2. The third kappa shape index (κ3) is 4.76. The third-order valence-corrected chi connectivity index (χ3v) is 1.06. The molecule has 12 nitrogen and oxygen atoms in total. The second-order valence-electron chi connectivity index (χ2n) is 2.05. The Kier molecular flexibility index (Phi) is 5.99. The molecular weight excluding hydrogens is 280 g/mol. The van der Waals surface area contributed by atoms with Crippen molar-refractivity contribution in [1.82, 2.24) is 41.2 Å². The predicted molar refractivity (Wildman–Crippen MR) is 37.0 cm³/mol. The second kappa shape index (κ2) is 6.97. The molecule has 0 unspecified atom stereocenters. The minimum atomic E-state index is -1.43. The number of carbonyl (C=O) groups excluding carboxylic acids is 2. The van der Waals surface area contributed by atoms with Gasteiger partial charge >= 0.3 is 17.1 Å². The van der Waals surface area contributed by atoms with Crippen molar-refractivity contribution in [2.75, 3.05) is 0 Å². The monoisotopic (exact) mass is 282 g/mol. The molecule has 2 rings (SSSR count). The van der Waals surface area contributed by atoms with E-state index in [4.69, 9.17) is 0 Å². The molecule has 17 heavy (non-hydrogen) atoms. The third-order valence-electron chi connectivity index (χ3n) is 1.06. The molecule has 0 aromatic carbocycles. The average molecular weight is 282 g/mol. The van der Waals surface area contributed by atoms with E-state index in [1.807, 2.05) is 10.4 Å². The first kappa shape index (κ1) is 14.6. The normalized spacial score (nSPS) is 8.47. The number of hydrogen-bond acceptors (Lipinski definition) is 10. The summed E-state index contributed by atoms with van der Waals surface area (Å²) in [6, 6.07) is 0. The Morgan fingerprint density at radius 2 is 1.24 bits per heavy atom. The molecule has 0 bridgehead atoms. The van der Waals surface area contributed by atoms with E-state index in [-0.39, 0.29) is 17.1 Å². The van der Waals surface area contributed by atoms with Crippen LogP contribution in [0.3, 0.4) is 0 Å². The minimum Gasteiger partial charge on any atom is -0.541 e. The average Bonchev–Trinajstić information content (AvgIpc) is 2.93. The van der Waals surface area contributed by atoms with E-state index in [2.05, 4.69) is 30.8 Å². The molecule has 0 spiro atoms. The number of carboxylic acids is 2. The van der Waals surface area contributed by atoms with Crippen LogP contribution in [0.15, 0.2) is 0 Å². The van der Waals surface area contributed by atoms with Gasteiger partial charge in [0.05, 0.1) is 0 Å². The van der Waals surface area contributed by atoms with Gasteiger partial charge in [-0.25, -0.2) is 0 Å². The summed E-state index contributed by atoms with van der Waals surface area (Å²) < 4.78 is 0. The van der Waals surface area contributed by atoms with Crippen LogP contribution in [0.2, 0.25) is 0 Å². The van der Waals surface area contributed by atoms with Crippen LogP contribution >= 0.6 is 0 Å². The van der Waals surface area contributed by atoms with Gasteiger partial charge in [-0.2, -0.15) is 10.4 Å². The van der Waals surface area contributed by atoms with E-state index in [1.165, 1.54) is 0 Å². The van der Waals surface area contributed by atoms with E-state index < -0.39 is 23.6 Å². The molecule has 2 aromatic heterocycles. The molecule has 2 heterocycles. The van der Waals surface area contributed by atoms with Crippen molar-refractivity contribution < 1.29 is 36.9 Å². The molecule has 0 fully saturated rings. The number of tetrazole rings is 2. The Morgan fingerprint density at radius 3 is 1.35 bits per heavy atom. The molecule has 0 aliphatic heterocycles. The fourth-order valence-corrected chi connectivity index (χ4v) is 0.497. The number of aromatic nitrogens is 8. The first-order valence-electron chi connectivity index (χ1n) is 3.51. The van der Waals surface area contributed by atoms with Crippen molar-refractivity contribution in [2.24, 2.45) is 0 Å². The summed E-state index contributed by atoms with van der Waals surface area (Å²) in [7, 11) is 0. The molecule has 0 saturated carbocycles. The van der Waals surface area contributed by atoms with Gasteiger partial charge < -0.3 is 19.8 Å². The molecule has 0 saturated heterocycles. The smallest absolute Gasteiger partial charge is 0.541 e. The number of nitrogens with zero attached hydrogens (tertiary/aromatic N) is 6. The quantitative estimate of drug-likeness (QED) is 0.505. The summed E-state index contributed by atoms with van der Waals surface area (Å²) in [6.45, 7) is 0. The molecule has 0 atom stereocenters. The van der Waals surface area contributed by atoms with Crippen molar-refractivity contribution in [3.63, 3.8) is 0 Å². The topological polar surface area (TPSA) is 189 Å². The van der Waals surface area contributed by atoms with Gasteiger partial charge in [-0.15, -0.1) is 20.4 Å². The molecular formula is C4H2FeN8O4. The van der Waals surface area contributed by atoms with Crippen LogP contribution in [-0.4, -0.2) is 53.2 Å². The standard InChI is InChI=1S/2C2H2N4O2.Fe/c2*7-2(8)1-3-5-6-4-1;/h2*(H,7,8)(H,3,4,5,6);/q;;+2/p-2. The van der Waals surface area contributed by atoms with Crippen LogP contribution < -0.4 is 10.2 Å². The Balaban J connectivity index is 0.000000284. The first-order chi connectivity index (χ1) is 7.61. The summed E-state index contributed by atoms with van der Waals surface area (Å²) in [4.78, 5) is 19.5. The Morgan fingerprint density at radius 1 is 0.882 bits per heavy atom. The summed E-state index contributed by atoms with van der Waals surface area (Å²) >= 11 is 0. The van der Waals surface area contributed by atoms with Crippen LogP contribution in [0.25, 0.3) is 0 Å². The second-order valence-corrected chi connectivity index (χ2v) is 2.05. The minimum absolute atomic E-state index is 0. The number of hydrogen-bond donors (Lipinski definition) is 2. The fraction of sp³-hybridized carbons (Fsp3) is 0. The van der Waals surface area contributed by atoms with Crippen molar-refractivity contribution in [2.45, 2.75) is 0 Å². The van der Waals surface area contributed by atoms with Gasteiger partial charge in [0, 0.05) is 0 Å².